The van der Waals surface area contributed by atoms with E-state index in [0.717, 1.165) is 24.2 Å². The maximum absolute atomic E-state index is 11.1. The number of rotatable bonds is 5. The largest absolute Gasteiger partial charge is 0.478 e. The second-order valence-electron chi connectivity index (χ2n) is 4.33. The first-order valence-corrected chi connectivity index (χ1v) is 6.41. The molecule has 100 valence electrons. The van der Waals surface area contributed by atoms with Crippen molar-refractivity contribution in [2.45, 2.75) is 33.2 Å². The van der Waals surface area contributed by atoms with Crippen molar-refractivity contribution >= 4 is 5.97 Å². The van der Waals surface area contributed by atoms with Crippen LogP contribution < -0.4 is 0 Å². The average Bonchev–Trinajstić information content (AvgIpc) is 2.87. The predicted molar refractivity (Wildman–Crippen MR) is 72.1 cm³/mol. The summed E-state index contributed by atoms with van der Waals surface area (Å²) >= 11 is 0. The Morgan fingerprint density at radius 3 is 2.74 bits per heavy atom. The molecule has 0 aliphatic rings. The summed E-state index contributed by atoms with van der Waals surface area (Å²) in [5, 5.41) is 13.3. The van der Waals surface area contributed by atoms with E-state index in [0.29, 0.717) is 12.1 Å². The van der Waals surface area contributed by atoms with Gasteiger partial charge in [-0.05, 0) is 25.5 Å². The zero-order chi connectivity index (χ0) is 13.8. The first-order chi connectivity index (χ1) is 9.15. The topological polar surface area (TPSA) is 68.0 Å². The van der Waals surface area contributed by atoms with E-state index in [1.54, 1.807) is 18.3 Å². The van der Waals surface area contributed by atoms with Crippen LogP contribution in [0.1, 0.15) is 36.3 Å². The maximum Gasteiger partial charge on any atom is 0.337 e. The van der Waals surface area contributed by atoms with Crippen LogP contribution in [-0.4, -0.2) is 25.8 Å². The number of carbonyl (C=O) groups is 1. The van der Waals surface area contributed by atoms with E-state index in [-0.39, 0.29) is 5.56 Å². The number of aromatic carboxylic acids is 1. The van der Waals surface area contributed by atoms with Gasteiger partial charge in [-0.15, -0.1) is 0 Å². The molecule has 0 saturated heterocycles. The minimum absolute atomic E-state index is 0.286. The number of nitrogens with zero attached hydrogens (tertiary/aromatic N) is 3. The Balaban J connectivity index is 2.42. The molecule has 0 amide bonds. The molecule has 0 fully saturated rings. The van der Waals surface area contributed by atoms with Gasteiger partial charge in [0.2, 0.25) is 0 Å². The molecule has 0 aromatic carbocycles. The van der Waals surface area contributed by atoms with Gasteiger partial charge in [-0.2, -0.15) is 5.10 Å². The fourth-order valence-electron chi connectivity index (χ4n) is 1.95. The molecule has 1 N–H and O–H groups in total. The van der Waals surface area contributed by atoms with Gasteiger partial charge in [0.25, 0.3) is 0 Å². The molecule has 0 spiro atoms. The van der Waals surface area contributed by atoms with Crippen molar-refractivity contribution in [3.63, 3.8) is 0 Å². The number of aryl methyl sites for hydroxylation is 2. The van der Waals surface area contributed by atoms with Crippen LogP contribution in [0.3, 0.4) is 0 Å². The second-order valence-corrected chi connectivity index (χ2v) is 4.33. The average molecular weight is 259 g/mol. The Morgan fingerprint density at radius 1 is 1.37 bits per heavy atom. The molecule has 0 saturated carbocycles. The molecule has 0 radical (unpaired) electrons. The minimum Gasteiger partial charge on any atom is -0.478 e. The zero-order valence-electron chi connectivity index (χ0n) is 11.1. The van der Waals surface area contributed by atoms with Gasteiger partial charge in [-0.3, -0.25) is 9.67 Å². The molecular weight excluding hydrogens is 242 g/mol. The SMILES string of the molecule is CCCc1nc(-c2cnn(CC)c2)ccc1C(=O)O. The van der Waals surface area contributed by atoms with E-state index in [1.165, 1.54) is 0 Å². The molecule has 0 aliphatic carbocycles. The molecule has 2 aromatic rings. The zero-order valence-corrected chi connectivity index (χ0v) is 11.1. The lowest BCUT2D eigenvalue weighted by atomic mass is 10.1. The third-order valence-electron chi connectivity index (χ3n) is 2.94. The van der Waals surface area contributed by atoms with Crippen molar-refractivity contribution in [1.29, 1.82) is 0 Å². The van der Waals surface area contributed by atoms with Gasteiger partial charge in [0.05, 0.1) is 23.1 Å². The molecule has 19 heavy (non-hydrogen) atoms. The fraction of sp³-hybridized carbons (Fsp3) is 0.357. The van der Waals surface area contributed by atoms with Crippen LogP contribution >= 0.6 is 0 Å². The first-order valence-electron chi connectivity index (χ1n) is 6.41. The summed E-state index contributed by atoms with van der Waals surface area (Å²) in [5.74, 6) is -0.924. The lowest BCUT2D eigenvalue weighted by Crippen LogP contribution is -2.05. The van der Waals surface area contributed by atoms with Crippen molar-refractivity contribution in [2.24, 2.45) is 0 Å². The van der Waals surface area contributed by atoms with E-state index in [4.69, 9.17) is 5.11 Å². The van der Waals surface area contributed by atoms with Crippen LogP contribution in [0, 0.1) is 0 Å². The Labute approximate surface area is 111 Å². The van der Waals surface area contributed by atoms with Gasteiger partial charge in [0.1, 0.15) is 0 Å². The van der Waals surface area contributed by atoms with E-state index < -0.39 is 5.97 Å². The highest BCUT2D eigenvalue weighted by molar-refractivity contribution is 5.89. The Hall–Kier alpha value is -2.17. The van der Waals surface area contributed by atoms with Gasteiger partial charge in [-0.1, -0.05) is 13.3 Å². The van der Waals surface area contributed by atoms with Crippen molar-refractivity contribution < 1.29 is 9.90 Å². The van der Waals surface area contributed by atoms with Crippen molar-refractivity contribution in [2.75, 3.05) is 0 Å². The van der Waals surface area contributed by atoms with Crippen molar-refractivity contribution in [3.05, 3.63) is 35.8 Å². The van der Waals surface area contributed by atoms with Crippen LogP contribution in [0.15, 0.2) is 24.5 Å². The molecule has 0 unspecified atom stereocenters. The lowest BCUT2D eigenvalue weighted by Gasteiger charge is -2.06. The van der Waals surface area contributed by atoms with E-state index >= 15 is 0 Å². The first kappa shape index (κ1) is 13.3. The third kappa shape index (κ3) is 2.81. The number of aromatic nitrogens is 3. The molecule has 5 nitrogen and oxygen atoms in total. The highest BCUT2D eigenvalue weighted by atomic mass is 16.4. The highest BCUT2D eigenvalue weighted by Gasteiger charge is 2.13. The standard InChI is InChI=1S/C14H17N3O2/c1-3-5-13-11(14(18)19)6-7-12(16-13)10-8-15-17(4-2)9-10/h6-9H,3-5H2,1-2H3,(H,18,19). The summed E-state index contributed by atoms with van der Waals surface area (Å²) in [6.45, 7) is 4.82. The number of hydrogen-bond acceptors (Lipinski definition) is 3. The quantitative estimate of drug-likeness (QED) is 0.896. The molecule has 0 bridgehead atoms. The molecular formula is C14H17N3O2. The number of hydrogen-bond donors (Lipinski definition) is 1. The van der Waals surface area contributed by atoms with Crippen molar-refractivity contribution in [3.8, 4) is 11.3 Å². The molecule has 0 aliphatic heterocycles. The normalized spacial score (nSPS) is 10.6. The summed E-state index contributed by atoms with van der Waals surface area (Å²) in [5.41, 5.74) is 2.61. The molecule has 5 heteroatoms. The van der Waals surface area contributed by atoms with Gasteiger partial charge in [0, 0.05) is 18.3 Å². The van der Waals surface area contributed by atoms with E-state index in [1.807, 2.05) is 24.7 Å². The number of carboxylic acids is 1. The van der Waals surface area contributed by atoms with Gasteiger partial charge in [-0.25, -0.2) is 4.79 Å². The summed E-state index contributed by atoms with van der Waals surface area (Å²) in [4.78, 5) is 15.6. The molecule has 2 aromatic heterocycles. The molecule has 0 atom stereocenters. The second kappa shape index (κ2) is 5.65. The smallest absolute Gasteiger partial charge is 0.337 e. The summed E-state index contributed by atoms with van der Waals surface area (Å²) in [7, 11) is 0. The van der Waals surface area contributed by atoms with Crippen LogP contribution in [0.4, 0.5) is 0 Å². The Kier molecular flexibility index (Phi) is 3.94. The number of pyridine rings is 1. The van der Waals surface area contributed by atoms with E-state index in [2.05, 4.69) is 10.1 Å². The van der Waals surface area contributed by atoms with Gasteiger partial charge >= 0.3 is 5.97 Å². The van der Waals surface area contributed by atoms with Crippen LogP contribution in [-0.2, 0) is 13.0 Å². The van der Waals surface area contributed by atoms with Crippen LogP contribution in [0.2, 0.25) is 0 Å². The maximum atomic E-state index is 11.1. The summed E-state index contributed by atoms with van der Waals surface area (Å²) in [6.07, 6.45) is 5.20. The van der Waals surface area contributed by atoms with Crippen LogP contribution in [0.25, 0.3) is 11.3 Å². The highest BCUT2D eigenvalue weighted by Crippen LogP contribution is 2.19. The number of carboxylic acid groups (broad SMARTS) is 1. The molecule has 2 heterocycles. The summed E-state index contributed by atoms with van der Waals surface area (Å²) < 4.78 is 1.82. The predicted octanol–water partition coefficient (Wildman–Crippen LogP) is 2.62. The lowest BCUT2D eigenvalue weighted by molar-refractivity contribution is 0.0695. The Morgan fingerprint density at radius 2 is 2.16 bits per heavy atom. The van der Waals surface area contributed by atoms with Crippen molar-refractivity contribution in [1.82, 2.24) is 14.8 Å². The van der Waals surface area contributed by atoms with Gasteiger partial charge < -0.3 is 5.11 Å². The van der Waals surface area contributed by atoms with E-state index in [9.17, 15) is 4.79 Å². The van der Waals surface area contributed by atoms with Gasteiger partial charge in [0.15, 0.2) is 0 Å². The monoisotopic (exact) mass is 259 g/mol. The Bertz CT molecular complexity index is 590. The summed E-state index contributed by atoms with van der Waals surface area (Å²) in [6, 6.07) is 3.36. The third-order valence-corrected chi connectivity index (χ3v) is 2.94. The molecule has 2 rings (SSSR count). The minimum atomic E-state index is -0.924. The van der Waals surface area contributed by atoms with Crippen LogP contribution in [0.5, 0.6) is 0 Å². The fourth-order valence-corrected chi connectivity index (χ4v) is 1.95.